The van der Waals surface area contributed by atoms with Gasteiger partial charge in [0.25, 0.3) is 0 Å². The van der Waals surface area contributed by atoms with Crippen LogP contribution in [0.1, 0.15) is 0 Å². The zero-order valence-electron chi connectivity index (χ0n) is 4.51. The summed E-state index contributed by atoms with van der Waals surface area (Å²) >= 11 is 0. The van der Waals surface area contributed by atoms with Crippen molar-refractivity contribution < 1.29 is 9.90 Å². The molecule has 0 saturated carbocycles. The van der Waals surface area contributed by atoms with Crippen LogP contribution >= 0.6 is 0 Å². The molecule has 0 atom stereocenters. The Morgan fingerprint density at radius 2 is 2.00 bits per heavy atom. The Labute approximate surface area is 89.1 Å². The van der Waals surface area contributed by atoms with E-state index in [2.05, 4.69) is 0 Å². The molecule has 46 valence electrons. The van der Waals surface area contributed by atoms with Crippen molar-refractivity contribution in [3.05, 3.63) is 0 Å². The van der Waals surface area contributed by atoms with Gasteiger partial charge in [0.05, 0.1) is 6.54 Å². The van der Waals surface area contributed by atoms with Gasteiger partial charge in [-0.15, -0.1) is 0 Å². The molecule has 0 heterocycles. The SMILES string of the molecule is CN(C)CC(=O)O.[BaH2]. The van der Waals surface area contributed by atoms with Gasteiger partial charge in [-0.1, -0.05) is 0 Å². The summed E-state index contributed by atoms with van der Waals surface area (Å²) in [5.74, 6) is -0.787. The maximum absolute atomic E-state index is 9.77. The first kappa shape index (κ1) is 11.8. The Bertz CT molecular complexity index is 74.4. The van der Waals surface area contributed by atoms with E-state index in [-0.39, 0.29) is 55.4 Å². The van der Waals surface area contributed by atoms with Gasteiger partial charge in [0.15, 0.2) is 0 Å². The van der Waals surface area contributed by atoms with Crippen LogP contribution in [-0.4, -0.2) is 85.5 Å². The van der Waals surface area contributed by atoms with E-state index in [0.29, 0.717) is 0 Å². The van der Waals surface area contributed by atoms with Crippen molar-refractivity contribution >= 4 is 54.9 Å². The maximum atomic E-state index is 9.77. The Hall–Kier alpha value is 1.00. The quantitative estimate of drug-likeness (QED) is 0.613. The number of aliphatic carboxylic acids is 1. The molecule has 0 bridgehead atoms. The summed E-state index contributed by atoms with van der Waals surface area (Å²) in [7, 11) is 3.43. The van der Waals surface area contributed by atoms with Gasteiger partial charge in [-0.05, 0) is 14.1 Å². The average molecular weight is 242 g/mol. The van der Waals surface area contributed by atoms with Gasteiger partial charge in [0.2, 0.25) is 0 Å². The Balaban J connectivity index is 0. The number of rotatable bonds is 2. The molecule has 8 heavy (non-hydrogen) atoms. The molecule has 0 aromatic rings. The van der Waals surface area contributed by atoms with Crippen LogP contribution in [0.2, 0.25) is 0 Å². The van der Waals surface area contributed by atoms with Gasteiger partial charge in [0, 0.05) is 0 Å². The van der Waals surface area contributed by atoms with Crippen molar-refractivity contribution in [1.29, 1.82) is 0 Å². The van der Waals surface area contributed by atoms with Crippen LogP contribution in [0.4, 0.5) is 0 Å². The molecule has 0 aromatic carbocycles. The van der Waals surface area contributed by atoms with E-state index >= 15 is 0 Å². The first-order valence-electron chi connectivity index (χ1n) is 1.99. The van der Waals surface area contributed by atoms with Gasteiger partial charge in [-0.2, -0.15) is 0 Å². The van der Waals surface area contributed by atoms with Crippen LogP contribution in [-0.2, 0) is 4.79 Å². The van der Waals surface area contributed by atoms with Crippen molar-refractivity contribution in [2.24, 2.45) is 0 Å². The number of hydrogen-bond donors (Lipinski definition) is 1. The summed E-state index contributed by atoms with van der Waals surface area (Å²) in [5.41, 5.74) is 0. The Morgan fingerprint density at radius 1 is 1.62 bits per heavy atom. The molecule has 0 aromatic heterocycles. The van der Waals surface area contributed by atoms with Crippen molar-refractivity contribution in [2.45, 2.75) is 0 Å². The number of carbonyl (C=O) groups is 1. The summed E-state index contributed by atoms with van der Waals surface area (Å²) in [6, 6.07) is 0. The van der Waals surface area contributed by atoms with Crippen LogP contribution in [0.15, 0.2) is 0 Å². The van der Waals surface area contributed by atoms with Gasteiger partial charge in [-0.3, -0.25) is 9.69 Å². The fourth-order valence-electron chi connectivity index (χ4n) is 0.271. The van der Waals surface area contributed by atoms with Gasteiger partial charge in [-0.25, -0.2) is 0 Å². The molecule has 0 unspecified atom stereocenters. The van der Waals surface area contributed by atoms with E-state index in [9.17, 15) is 4.79 Å². The predicted octanol–water partition coefficient (Wildman–Crippen LogP) is -1.28. The number of likely N-dealkylation sites (N-methyl/N-ethyl adjacent to an activating group) is 1. The summed E-state index contributed by atoms with van der Waals surface area (Å²) in [5, 5.41) is 8.04. The monoisotopic (exact) mass is 243 g/mol. The van der Waals surface area contributed by atoms with Crippen LogP contribution < -0.4 is 0 Å². The second-order valence-corrected chi connectivity index (χ2v) is 1.63. The number of carboxylic acids is 1. The van der Waals surface area contributed by atoms with E-state index in [1.165, 1.54) is 0 Å². The molecule has 0 amide bonds. The van der Waals surface area contributed by atoms with Crippen molar-refractivity contribution in [3.8, 4) is 0 Å². The molecule has 0 radical (unpaired) electrons. The Morgan fingerprint density at radius 3 is 2.00 bits per heavy atom. The Kier molecular flexibility index (Phi) is 9.00. The van der Waals surface area contributed by atoms with Crippen LogP contribution in [0.5, 0.6) is 0 Å². The molecule has 0 aliphatic rings. The van der Waals surface area contributed by atoms with Gasteiger partial charge >= 0.3 is 54.9 Å². The minimum absolute atomic E-state index is 0. The summed E-state index contributed by atoms with van der Waals surface area (Å²) in [6.45, 7) is 0.111. The molecule has 0 aliphatic carbocycles. The standard InChI is InChI=1S/C4H9NO2.Ba.2H/c1-5(2)3-4(6)7;;;/h3H2,1-2H3,(H,6,7);;;. The van der Waals surface area contributed by atoms with Gasteiger partial charge < -0.3 is 5.11 Å². The number of nitrogens with zero attached hydrogens (tertiary/aromatic N) is 1. The van der Waals surface area contributed by atoms with E-state index in [1.54, 1.807) is 19.0 Å². The normalized spacial score (nSPS) is 8.38. The van der Waals surface area contributed by atoms with Crippen LogP contribution in [0, 0.1) is 0 Å². The summed E-state index contributed by atoms with van der Waals surface area (Å²) in [4.78, 5) is 11.4. The zero-order valence-corrected chi connectivity index (χ0v) is 4.51. The first-order chi connectivity index (χ1) is 3.13. The fourth-order valence-corrected chi connectivity index (χ4v) is 0.271. The van der Waals surface area contributed by atoms with Crippen molar-refractivity contribution in [3.63, 3.8) is 0 Å². The molecule has 4 heteroatoms. The molecular weight excluding hydrogens is 231 g/mol. The molecule has 0 fully saturated rings. The average Bonchev–Trinajstić information content (AvgIpc) is 1.27. The van der Waals surface area contributed by atoms with Gasteiger partial charge in [0.1, 0.15) is 0 Å². The third-order valence-corrected chi connectivity index (χ3v) is 0.451. The molecule has 0 saturated heterocycles. The van der Waals surface area contributed by atoms with E-state index < -0.39 is 5.97 Å². The molecule has 0 spiro atoms. The summed E-state index contributed by atoms with van der Waals surface area (Å²) < 4.78 is 0. The van der Waals surface area contributed by atoms with Crippen molar-refractivity contribution in [1.82, 2.24) is 4.90 Å². The molecule has 0 rings (SSSR count). The van der Waals surface area contributed by atoms with E-state index in [4.69, 9.17) is 5.11 Å². The van der Waals surface area contributed by atoms with Crippen molar-refractivity contribution in [2.75, 3.05) is 20.6 Å². The third-order valence-electron chi connectivity index (χ3n) is 0.451. The minimum atomic E-state index is -0.787. The first-order valence-corrected chi connectivity index (χ1v) is 1.99. The molecule has 0 aliphatic heterocycles. The number of hydrogen-bond acceptors (Lipinski definition) is 2. The molecule has 1 N–H and O–H groups in total. The zero-order chi connectivity index (χ0) is 5.86. The number of carboxylic acid groups (broad SMARTS) is 1. The summed E-state index contributed by atoms with van der Waals surface area (Å²) in [6.07, 6.45) is 0. The molecular formula is C4H11BaNO2. The predicted molar refractivity (Wildman–Crippen MR) is 34.7 cm³/mol. The van der Waals surface area contributed by atoms with Crippen LogP contribution in [0.3, 0.4) is 0 Å². The van der Waals surface area contributed by atoms with Crippen LogP contribution in [0.25, 0.3) is 0 Å². The fraction of sp³-hybridized carbons (Fsp3) is 0.750. The molecule has 3 nitrogen and oxygen atoms in total. The second-order valence-electron chi connectivity index (χ2n) is 1.63. The van der Waals surface area contributed by atoms with E-state index in [1.807, 2.05) is 0 Å². The topological polar surface area (TPSA) is 40.5 Å². The third kappa shape index (κ3) is 10.1. The second kappa shape index (κ2) is 6.13. The van der Waals surface area contributed by atoms with E-state index in [0.717, 1.165) is 0 Å².